The Morgan fingerprint density at radius 1 is 1.03 bits per heavy atom. The van der Waals surface area contributed by atoms with E-state index < -0.39 is 23.4 Å². The van der Waals surface area contributed by atoms with Crippen molar-refractivity contribution in [1.82, 2.24) is 14.5 Å². The first-order valence-corrected chi connectivity index (χ1v) is 11.7. The van der Waals surface area contributed by atoms with Crippen LogP contribution in [0.25, 0.3) is 11.0 Å². The average molecular weight is 481 g/mol. The van der Waals surface area contributed by atoms with Gasteiger partial charge in [-0.25, -0.2) is 23.5 Å². The van der Waals surface area contributed by atoms with E-state index in [9.17, 15) is 13.6 Å². The highest BCUT2D eigenvalue weighted by Crippen LogP contribution is 2.40. The highest BCUT2D eigenvalue weighted by atomic mass is 32.2. The fraction of sp³-hybridized carbons (Fsp3) is 0.208. The summed E-state index contributed by atoms with van der Waals surface area (Å²) in [5.41, 5.74) is 7.03. The van der Waals surface area contributed by atoms with Crippen LogP contribution in [0.1, 0.15) is 31.7 Å². The third-order valence-electron chi connectivity index (χ3n) is 5.86. The number of amides is 2. The average Bonchev–Trinajstić information content (AvgIpc) is 3.47. The Labute approximate surface area is 198 Å². The van der Waals surface area contributed by atoms with E-state index in [0.717, 1.165) is 45.8 Å². The molecular weight excluding hydrogens is 458 g/mol. The number of hydrogen-bond acceptors (Lipinski definition) is 5. The predicted octanol–water partition coefficient (Wildman–Crippen LogP) is 6.20. The van der Waals surface area contributed by atoms with E-state index in [0.29, 0.717) is 17.5 Å². The lowest BCUT2D eigenvalue weighted by Gasteiger charge is -2.12. The molecule has 2 amide bonds. The number of nitrogen functional groups attached to an aromatic ring is 1. The maximum atomic E-state index is 13.7. The van der Waals surface area contributed by atoms with E-state index in [2.05, 4.69) is 31.4 Å². The van der Waals surface area contributed by atoms with Crippen LogP contribution in [-0.4, -0.2) is 20.6 Å². The molecule has 1 saturated carbocycles. The Bertz CT molecular complexity index is 1330. The minimum atomic E-state index is -0.845. The molecule has 0 unspecified atom stereocenters. The largest absolute Gasteiger partial charge is 0.383 e. The lowest BCUT2D eigenvalue weighted by atomic mass is 10.2. The molecule has 1 aliphatic rings. The van der Waals surface area contributed by atoms with Crippen molar-refractivity contribution < 1.29 is 13.6 Å². The van der Waals surface area contributed by atoms with Gasteiger partial charge in [-0.3, -0.25) is 0 Å². The molecule has 0 atom stereocenters. The monoisotopic (exact) mass is 480 g/mol. The minimum absolute atomic E-state index is 0.413. The van der Waals surface area contributed by atoms with Gasteiger partial charge in [0.1, 0.15) is 35.1 Å². The zero-order chi connectivity index (χ0) is 23.7. The second-order valence-corrected chi connectivity index (χ2v) is 9.21. The number of urea groups is 1. The molecule has 1 aliphatic carbocycles. The highest BCUT2D eigenvalue weighted by molar-refractivity contribution is 7.99. The molecule has 0 saturated heterocycles. The summed E-state index contributed by atoms with van der Waals surface area (Å²) in [7, 11) is 0. The summed E-state index contributed by atoms with van der Waals surface area (Å²) in [5, 5.41) is 5.62. The van der Waals surface area contributed by atoms with Crippen LogP contribution < -0.4 is 16.4 Å². The molecule has 0 radical (unpaired) electrons. The van der Waals surface area contributed by atoms with Gasteiger partial charge in [0, 0.05) is 27.7 Å². The van der Waals surface area contributed by atoms with Crippen LogP contribution in [0.15, 0.2) is 64.8 Å². The van der Waals surface area contributed by atoms with E-state index in [1.54, 1.807) is 12.1 Å². The third kappa shape index (κ3) is 4.41. The molecule has 2 heterocycles. The normalized spacial score (nSPS) is 13.9. The molecule has 34 heavy (non-hydrogen) atoms. The lowest BCUT2D eigenvalue weighted by molar-refractivity contribution is 0.262. The first-order chi connectivity index (χ1) is 16.5. The first kappa shape index (κ1) is 22.1. The van der Waals surface area contributed by atoms with Crippen LogP contribution in [-0.2, 0) is 0 Å². The lowest BCUT2D eigenvalue weighted by Crippen LogP contribution is -2.20. The van der Waals surface area contributed by atoms with Crippen molar-refractivity contribution in [2.75, 3.05) is 16.4 Å². The van der Waals surface area contributed by atoms with E-state index in [1.807, 2.05) is 12.1 Å². The number of rotatable bonds is 5. The summed E-state index contributed by atoms with van der Waals surface area (Å²) in [6, 6.07) is 10.2. The number of anilines is 3. The van der Waals surface area contributed by atoms with Gasteiger partial charge >= 0.3 is 6.03 Å². The predicted molar refractivity (Wildman–Crippen MR) is 129 cm³/mol. The fourth-order valence-corrected chi connectivity index (χ4v) is 5.23. The van der Waals surface area contributed by atoms with Gasteiger partial charge < -0.3 is 20.9 Å². The summed E-state index contributed by atoms with van der Waals surface area (Å²) in [5.74, 6) is -1.25. The quantitative estimate of drug-likeness (QED) is 0.316. The van der Waals surface area contributed by atoms with Crippen molar-refractivity contribution in [3.8, 4) is 0 Å². The smallest absolute Gasteiger partial charge is 0.323 e. The Morgan fingerprint density at radius 2 is 1.74 bits per heavy atom. The molecule has 4 aromatic rings. The molecule has 2 aromatic heterocycles. The number of nitrogens with two attached hydrogens (primary N) is 1. The maximum Gasteiger partial charge on any atom is 0.323 e. The molecule has 10 heteroatoms. The number of nitrogens with zero attached hydrogens (tertiary/aromatic N) is 3. The molecule has 1 fully saturated rings. The molecule has 5 rings (SSSR count). The van der Waals surface area contributed by atoms with Crippen molar-refractivity contribution >= 4 is 46.0 Å². The van der Waals surface area contributed by atoms with Gasteiger partial charge in [-0.05, 0) is 49.2 Å². The summed E-state index contributed by atoms with van der Waals surface area (Å²) in [6.45, 7) is 0. The zero-order valence-corrected chi connectivity index (χ0v) is 18.9. The van der Waals surface area contributed by atoms with Crippen molar-refractivity contribution in [3.63, 3.8) is 0 Å². The summed E-state index contributed by atoms with van der Waals surface area (Å²) in [6.07, 6.45) is 8.25. The molecule has 2 aromatic carbocycles. The first-order valence-electron chi connectivity index (χ1n) is 10.9. The second-order valence-electron chi connectivity index (χ2n) is 8.10. The molecule has 0 aliphatic heterocycles. The molecule has 4 N–H and O–H groups in total. The fourth-order valence-electron chi connectivity index (χ4n) is 4.24. The van der Waals surface area contributed by atoms with Crippen LogP contribution in [0.2, 0.25) is 0 Å². The van der Waals surface area contributed by atoms with Gasteiger partial charge in [0.2, 0.25) is 0 Å². The number of hydrogen-bond donors (Lipinski definition) is 3. The van der Waals surface area contributed by atoms with Crippen molar-refractivity contribution in [2.45, 2.75) is 41.5 Å². The summed E-state index contributed by atoms with van der Waals surface area (Å²) >= 11 is 1.54. The van der Waals surface area contributed by atoms with Crippen molar-refractivity contribution in [2.24, 2.45) is 0 Å². The Morgan fingerprint density at radius 3 is 2.44 bits per heavy atom. The third-order valence-corrected chi connectivity index (χ3v) is 6.90. The van der Waals surface area contributed by atoms with E-state index in [4.69, 9.17) is 5.73 Å². The maximum absolute atomic E-state index is 13.7. The van der Waals surface area contributed by atoms with Gasteiger partial charge in [0.05, 0.1) is 5.39 Å². The van der Waals surface area contributed by atoms with Gasteiger partial charge in [-0.15, -0.1) is 0 Å². The molecule has 0 spiro atoms. The van der Waals surface area contributed by atoms with E-state index >= 15 is 0 Å². The zero-order valence-electron chi connectivity index (χ0n) is 18.1. The Kier molecular flexibility index (Phi) is 6.06. The number of para-hydroxylation sites is 1. The number of benzene rings is 2. The molecule has 0 bridgehead atoms. The minimum Gasteiger partial charge on any atom is -0.383 e. The summed E-state index contributed by atoms with van der Waals surface area (Å²) < 4.78 is 29.7. The Balaban J connectivity index is 1.32. The van der Waals surface area contributed by atoms with Crippen LogP contribution in [0, 0.1) is 11.6 Å². The number of nitrogens with one attached hydrogen (secondary N) is 2. The topological polar surface area (TPSA) is 97.9 Å². The van der Waals surface area contributed by atoms with Gasteiger partial charge in [0.15, 0.2) is 0 Å². The van der Waals surface area contributed by atoms with Gasteiger partial charge in [-0.2, -0.15) is 0 Å². The molecular formula is C24H22F2N6OS. The van der Waals surface area contributed by atoms with Crippen LogP contribution in [0.5, 0.6) is 0 Å². The van der Waals surface area contributed by atoms with Crippen LogP contribution >= 0.6 is 11.8 Å². The Hall–Kier alpha value is -3.66. The number of fused-ring (bicyclic) bond motifs is 1. The molecule has 7 nitrogen and oxygen atoms in total. The molecule has 174 valence electrons. The van der Waals surface area contributed by atoms with Gasteiger partial charge in [0.25, 0.3) is 0 Å². The van der Waals surface area contributed by atoms with E-state index in [1.165, 1.54) is 37.0 Å². The van der Waals surface area contributed by atoms with Crippen molar-refractivity contribution in [1.29, 1.82) is 0 Å². The van der Waals surface area contributed by atoms with Crippen LogP contribution in [0.4, 0.5) is 30.8 Å². The SMILES string of the molecule is Nc1ncnc2c1c(Sc1ccc(NC(=O)Nc3c(F)cccc3F)cc1)cn2C1CCCC1. The van der Waals surface area contributed by atoms with E-state index in [-0.39, 0.29) is 0 Å². The second kappa shape index (κ2) is 9.30. The summed E-state index contributed by atoms with van der Waals surface area (Å²) in [4.78, 5) is 22.7. The number of carbonyl (C=O) groups excluding carboxylic acids is 1. The number of aromatic nitrogens is 3. The van der Waals surface area contributed by atoms with Gasteiger partial charge in [-0.1, -0.05) is 30.7 Å². The number of carbonyl (C=O) groups is 1. The van der Waals surface area contributed by atoms with Crippen molar-refractivity contribution in [3.05, 3.63) is 66.6 Å². The standard InChI is InChI=1S/C24H22F2N6OS/c25-17-6-3-7-18(26)21(17)31-24(33)30-14-8-10-16(11-9-14)34-19-12-32(15-4-1-2-5-15)23-20(19)22(27)28-13-29-23/h3,6-13,15H,1-2,4-5H2,(H2,27,28,29)(H2,30,31,33). The highest BCUT2D eigenvalue weighted by Gasteiger charge is 2.22. The number of halogens is 2. The van der Waals surface area contributed by atoms with Crippen LogP contribution in [0.3, 0.4) is 0 Å².